The van der Waals surface area contributed by atoms with Crippen LogP contribution in [0.3, 0.4) is 0 Å². The van der Waals surface area contributed by atoms with Gasteiger partial charge < -0.3 is 0 Å². The minimum Gasteiger partial charge on any atom is -0.245 e. The zero-order valence-electron chi connectivity index (χ0n) is 28.6. The summed E-state index contributed by atoms with van der Waals surface area (Å²) in [5.74, 6) is 0. The Labute approximate surface area is 316 Å². The molecule has 6 aromatic carbocycles. The van der Waals surface area contributed by atoms with Gasteiger partial charge in [0.2, 0.25) is 0 Å². The van der Waals surface area contributed by atoms with Crippen molar-refractivity contribution in [3.05, 3.63) is 158 Å². The van der Waals surface area contributed by atoms with E-state index in [0.717, 1.165) is 77.5 Å². The molecule has 0 N–H and O–H groups in total. The molecular formula is C48H26N4S2. The Morgan fingerprint density at radius 2 is 0.611 bits per heavy atom. The van der Waals surface area contributed by atoms with Crippen LogP contribution in [0.5, 0.6) is 0 Å². The second kappa shape index (κ2) is 11.4. The largest absolute Gasteiger partial charge is 0.245 e. The summed E-state index contributed by atoms with van der Waals surface area (Å²) in [5, 5.41) is 9.30. The van der Waals surface area contributed by atoms with Crippen molar-refractivity contribution >= 4 is 107 Å². The minimum absolute atomic E-state index is 0.804. The summed E-state index contributed by atoms with van der Waals surface area (Å²) in [4.78, 5) is 21.0. The number of hydrogen-bond acceptors (Lipinski definition) is 6. The molecule has 0 spiro atoms. The quantitative estimate of drug-likeness (QED) is 0.170. The minimum atomic E-state index is 0.804. The molecule has 0 fully saturated rings. The molecule has 250 valence electrons. The Balaban J connectivity index is 0.980. The van der Waals surface area contributed by atoms with Gasteiger partial charge >= 0.3 is 0 Å². The molecule has 6 aromatic heterocycles. The predicted octanol–water partition coefficient (Wildman–Crippen LogP) is 13.6. The maximum Gasteiger partial charge on any atom is 0.0973 e. The first-order chi connectivity index (χ1) is 26.7. The van der Waals surface area contributed by atoms with Crippen LogP contribution in [0.25, 0.3) is 118 Å². The fourth-order valence-electron chi connectivity index (χ4n) is 7.91. The summed E-state index contributed by atoms with van der Waals surface area (Å²) < 4.78 is 5.17. The highest BCUT2D eigenvalue weighted by molar-refractivity contribution is 7.26. The third-order valence-corrected chi connectivity index (χ3v) is 13.0. The fourth-order valence-corrected chi connectivity index (χ4v) is 10.1. The Hall–Kier alpha value is -6.60. The van der Waals surface area contributed by atoms with Crippen LogP contribution in [0.4, 0.5) is 0 Å². The Morgan fingerprint density at radius 1 is 0.278 bits per heavy atom. The molecule has 4 nitrogen and oxygen atoms in total. The van der Waals surface area contributed by atoms with Gasteiger partial charge in [-0.1, -0.05) is 97.1 Å². The van der Waals surface area contributed by atoms with E-state index in [1.54, 1.807) is 0 Å². The fraction of sp³-hybridized carbons (Fsp3) is 0. The second-order valence-corrected chi connectivity index (χ2v) is 16.0. The van der Waals surface area contributed by atoms with E-state index < -0.39 is 0 Å². The second-order valence-electron chi connectivity index (χ2n) is 13.8. The van der Waals surface area contributed by atoms with Gasteiger partial charge in [0, 0.05) is 73.0 Å². The third kappa shape index (κ3) is 4.61. The van der Waals surface area contributed by atoms with E-state index in [-0.39, 0.29) is 0 Å². The van der Waals surface area contributed by atoms with Gasteiger partial charge in [-0.25, -0.2) is 19.9 Å². The first-order valence-electron chi connectivity index (χ1n) is 18.0. The van der Waals surface area contributed by atoms with Crippen molar-refractivity contribution in [3.8, 4) is 33.9 Å². The van der Waals surface area contributed by atoms with Crippen molar-refractivity contribution in [1.29, 1.82) is 0 Å². The summed E-state index contributed by atoms with van der Waals surface area (Å²) >= 11 is 3.66. The number of nitrogens with zero attached hydrogens (tertiary/aromatic N) is 4. The molecule has 0 bridgehead atoms. The average Bonchev–Trinajstić information content (AvgIpc) is 3.80. The summed E-state index contributed by atoms with van der Waals surface area (Å²) in [5.41, 5.74) is 9.17. The average molecular weight is 723 g/mol. The number of rotatable bonds is 3. The maximum atomic E-state index is 5.25. The third-order valence-electron chi connectivity index (χ3n) is 10.6. The van der Waals surface area contributed by atoms with Crippen molar-refractivity contribution in [2.75, 3.05) is 0 Å². The SMILES string of the molecule is c1ccc2c(c1)sc1ccc(-c3ccc4ccc5ccc(-c6ccc7ccc8ccc(-c9ccc%10sc%11ccccc%11c%10c9)nc8c7n6)nc5c4n3)cc12. The number of pyridine rings is 4. The highest BCUT2D eigenvalue weighted by Crippen LogP contribution is 2.38. The molecule has 0 saturated heterocycles. The first kappa shape index (κ1) is 29.9. The molecule has 0 aliphatic rings. The van der Waals surface area contributed by atoms with Crippen molar-refractivity contribution in [2.24, 2.45) is 0 Å². The van der Waals surface area contributed by atoms with E-state index >= 15 is 0 Å². The van der Waals surface area contributed by atoms with Crippen LogP contribution in [-0.4, -0.2) is 19.9 Å². The van der Waals surface area contributed by atoms with E-state index in [1.165, 1.54) is 40.3 Å². The zero-order valence-corrected chi connectivity index (χ0v) is 30.2. The van der Waals surface area contributed by atoms with Crippen LogP contribution in [0.1, 0.15) is 0 Å². The Kier molecular flexibility index (Phi) is 6.34. The van der Waals surface area contributed by atoms with E-state index in [0.29, 0.717) is 0 Å². The Bertz CT molecular complexity index is 3290. The normalized spacial score (nSPS) is 12.1. The van der Waals surface area contributed by atoms with Gasteiger partial charge in [-0.05, 0) is 60.7 Å². The summed E-state index contributed by atoms with van der Waals surface area (Å²) in [6.07, 6.45) is 0. The molecular weight excluding hydrogens is 697 g/mol. The highest BCUT2D eigenvalue weighted by atomic mass is 32.1. The lowest BCUT2D eigenvalue weighted by atomic mass is 10.0. The number of fused-ring (bicyclic) bond motifs is 12. The van der Waals surface area contributed by atoms with Gasteiger partial charge in [-0.15, -0.1) is 22.7 Å². The lowest BCUT2D eigenvalue weighted by Gasteiger charge is -2.10. The van der Waals surface area contributed by atoms with Crippen LogP contribution >= 0.6 is 22.7 Å². The van der Waals surface area contributed by atoms with Gasteiger partial charge in [0.25, 0.3) is 0 Å². The van der Waals surface area contributed by atoms with Crippen LogP contribution < -0.4 is 0 Å². The van der Waals surface area contributed by atoms with Crippen molar-refractivity contribution in [2.45, 2.75) is 0 Å². The number of benzene rings is 6. The van der Waals surface area contributed by atoms with Crippen LogP contribution in [0, 0.1) is 0 Å². The molecule has 12 aromatic rings. The molecule has 6 heterocycles. The smallest absolute Gasteiger partial charge is 0.0973 e. The summed E-state index contributed by atoms with van der Waals surface area (Å²) in [6.45, 7) is 0. The van der Waals surface area contributed by atoms with E-state index in [4.69, 9.17) is 19.9 Å². The van der Waals surface area contributed by atoms with Gasteiger partial charge in [-0.2, -0.15) is 0 Å². The number of hydrogen-bond donors (Lipinski definition) is 0. The van der Waals surface area contributed by atoms with E-state index in [2.05, 4.69) is 158 Å². The zero-order chi connectivity index (χ0) is 35.3. The van der Waals surface area contributed by atoms with Crippen LogP contribution in [0.15, 0.2) is 158 Å². The number of aromatic nitrogens is 4. The molecule has 12 rings (SSSR count). The molecule has 0 amide bonds. The molecule has 0 saturated carbocycles. The molecule has 6 heteroatoms. The monoisotopic (exact) mass is 722 g/mol. The van der Waals surface area contributed by atoms with Crippen molar-refractivity contribution < 1.29 is 0 Å². The molecule has 0 aliphatic heterocycles. The van der Waals surface area contributed by atoms with E-state index in [1.807, 2.05) is 22.7 Å². The summed E-state index contributed by atoms with van der Waals surface area (Å²) in [6, 6.07) is 56.0. The first-order valence-corrected chi connectivity index (χ1v) is 19.6. The molecule has 54 heavy (non-hydrogen) atoms. The highest BCUT2D eigenvalue weighted by Gasteiger charge is 2.14. The lowest BCUT2D eigenvalue weighted by Crippen LogP contribution is -1.94. The van der Waals surface area contributed by atoms with Crippen molar-refractivity contribution in [1.82, 2.24) is 19.9 Å². The van der Waals surface area contributed by atoms with Crippen molar-refractivity contribution in [3.63, 3.8) is 0 Å². The topological polar surface area (TPSA) is 51.6 Å². The van der Waals surface area contributed by atoms with Gasteiger partial charge in [0.05, 0.1) is 44.8 Å². The maximum absolute atomic E-state index is 5.25. The Morgan fingerprint density at radius 3 is 1.04 bits per heavy atom. The van der Waals surface area contributed by atoms with Crippen LogP contribution in [-0.2, 0) is 0 Å². The standard InChI is InChI=1S/C48H26N4S2/c1-3-7-41-33(5-1)35-25-31(17-23-43(35)53-41)37-19-13-27-9-11-29-15-21-39(51-47(29)45(27)49-37)40-22-16-30-12-10-28-14-20-38(50-46(28)48(30)52-40)32-18-24-44-36(26-32)34-6-2-4-8-42(34)54-44/h1-26H. The van der Waals surface area contributed by atoms with Gasteiger partial charge in [0.1, 0.15) is 0 Å². The lowest BCUT2D eigenvalue weighted by molar-refractivity contribution is 1.31. The summed E-state index contributed by atoms with van der Waals surface area (Å²) in [7, 11) is 0. The molecule has 0 atom stereocenters. The van der Waals surface area contributed by atoms with Gasteiger partial charge in [0.15, 0.2) is 0 Å². The molecule has 0 radical (unpaired) electrons. The molecule has 0 aliphatic carbocycles. The van der Waals surface area contributed by atoms with Crippen LogP contribution in [0.2, 0.25) is 0 Å². The predicted molar refractivity (Wildman–Crippen MR) is 230 cm³/mol. The number of thiophene rings is 2. The van der Waals surface area contributed by atoms with Gasteiger partial charge in [-0.3, -0.25) is 0 Å². The molecule has 0 unspecified atom stereocenters. The van der Waals surface area contributed by atoms with E-state index in [9.17, 15) is 0 Å².